The molecule has 18 heavy (non-hydrogen) atoms. The Hall–Kier alpha value is -1.85. The van der Waals surface area contributed by atoms with E-state index in [1.54, 1.807) is 0 Å². The Labute approximate surface area is 107 Å². The highest BCUT2D eigenvalue weighted by atomic mass is 16.1. The number of carbonyl (C=O) groups is 1. The van der Waals surface area contributed by atoms with Crippen LogP contribution in [0.2, 0.25) is 0 Å². The van der Waals surface area contributed by atoms with E-state index in [1.807, 2.05) is 20.8 Å². The minimum atomic E-state index is 0.0255. The molecule has 0 aliphatic carbocycles. The Morgan fingerprint density at radius 2 is 2.17 bits per heavy atom. The fourth-order valence-corrected chi connectivity index (χ4v) is 1.62. The van der Waals surface area contributed by atoms with Gasteiger partial charge in [0.2, 0.25) is 5.91 Å². The zero-order chi connectivity index (χ0) is 13.5. The lowest BCUT2D eigenvalue weighted by molar-refractivity contribution is -0.121. The van der Waals surface area contributed by atoms with Crippen molar-refractivity contribution in [1.29, 1.82) is 0 Å². The lowest BCUT2D eigenvalue weighted by Gasteiger charge is -2.12. The first-order valence-electron chi connectivity index (χ1n) is 6.17. The average molecular weight is 251 g/mol. The number of carbonyl (C=O) groups excluding carboxylic acids is 1. The van der Waals surface area contributed by atoms with Gasteiger partial charge in [0, 0.05) is 24.6 Å². The van der Waals surface area contributed by atoms with Gasteiger partial charge in [0.15, 0.2) is 0 Å². The van der Waals surface area contributed by atoms with Crippen molar-refractivity contribution >= 4 is 17.5 Å². The topological polar surface area (TPSA) is 92.9 Å². The molecule has 0 aromatic carbocycles. The number of nitrogens with one attached hydrogen (secondary N) is 2. The standard InChI is InChI=1S/C12H21N5O/c1-4-9-11(13)15-7-16-12(9)14-6-5-10(18)17-8(2)3/h7-8H,4-6H2,1-3H3,(H,17,18)(H3,13,14,15,16). The Morgan fingerprint density at radius 3 is 2.78 bits per heavy atom. The van der Waals surface area contributed by atoms with Crippen LogP contribution in [0.4, 0.5) is 11.6 Å². The zero-order valence-electron chi connectivity index (χ0n) is 11.2. The molecule has 1 aromatic rings. The van der Waals surface area contributed by atoms with Crippen molar-refractivity contribution in [2.24, 2.45) is 0 Å². The molecule has 4 N–H and O–H groups in total. The molecule has 6 heteroatoms. The molecular weight excluding hydrogens is 230 g/mol. The van der Waals surface area contributed by atoms with Crippen LogP contribution in [0, 0.1) is 0 Å². The second-order valence-electron chi connectivity index (χ2n) is 4.34. The van der Waals surface area contributed by atoms with Gasteiger partial charge in [-0.15, -0.1) is 0 Å². The molecule has 6 nitrogen and oxygen atoms in total. The summed E-state index contributed by atoms with van der Waals surface area (Å²) in [6, 6.07) is 0.165. The van der Waals surface area contributed by atoms with E-state index in [2.05, 4.69) is 20.6 Å². The zero-order valence-corrected chi connectivity index (χ0v) is 11.2. The Bertz CT molecular complexity index is 405. The Morgan fingerprint density at radius 1 is 1.44 bits per heavy atom. The second kappa shape index (κ2) is 6.78. The number of nitrogen functional groups attached to an aromatic ring is 1. The van der Waals surface area contributed by atoms with Crippen molar-refractivity contribution in [3.05, 3.63) is 11.9 Å². The molecule has 100 valence electrons. The first-order valence-corrected chi connectivity index (χ1v) is 6.17. The molecule has 0 saturated heterocycles. The van der Waals surface area contributed by atoms with Gasteiger partial charge in [-0.3, -0.25) is 4.79 Å². The Balaban J connectivity index is 2.49. The highest BCUT2D eigenvalue weighted by Gasteiger charge is 2.08. The monoisotopic (exact) mass is 251 g/mol. The van der Waals surface area contributed by atoms with Gasteiger partial charge in [0.05, 0.1) is 0 Å². The molecular formula is C12H21N5O. The van der Waals surface area contributed by atoms with Crippen molar-refractivity contribution in [1.82, 2.24) is 15.3 Å². The van der Waals surface area contributed by atoms with Gasteiger partial charge in [-0.25, -0.2) is 9.97 Å². The molecule has 0 aliphatic rings. The third-order valence-electron chi connectivity index (χ3n) is 2.43. The summed E-state index contributed by atoms with van der Waals surface area (Å²) in [5.74, 6) is 1.22. The van der Waals surface area contributed by atoms with Gasteiger partial charge in [0.25, 0.3) is 0 Å². The largest absolute Gasteiger partial charge is 0.383 e. The Kier molecular flexibility index (Phi) is 5.35. The molecule has 0 fully saturated rings. The number of aromatic nitrogens is 2. The molecule has 0 radical (unpaired) electrons. The quantitative estimate of drug-likeness (QED) is 0.700. The van der Waals surface area contributed by atoms with Gasteiger partial charge >= 0.3 is 0 Å². The van der Waals surface area contributed by atoms with Gasteiger partial charge in [-0.1, -0.05) is 6.92 Å². The highest BCUT2D eigenvalue weighted by molar-refractivity contribution is 5.76. The summed E-state index contributed by atoms with van der Waals surface area (Å²) in [5, 5.41) is 5.95. The average Bonchev–Trinajstić information content (AvgIpc) is 2.28. The van der Waals surface area contributed by atoms with Crippen molar-refractivity contribution in [2.75, 3.05) is 17.6 Å². The number of nitrogens with two attached hydrogens (primary N) is 1. The molecule has 1 heterocycles. The van der Waals surface area contributed by atoms with E-state index in [9.17, 15) is 4.79 Å². The summed E-state index contributed by atoms with van der Waals surface area (Å²) in [5.41, 5.74) is 6.65. The summed E-state index contributed by atoms with van der Waals surface area (Å²) in [6.07, 6.45) is 2.59. The van der Waals surface area contributed by atoms with E-state index < -0.39 is 0 Å². The number of hydrogen-bond acceptors (Lipinski definition) is 5. The second-order valence-corrected chi connectivity index (χ2v) is 4.34. The van der Waals surface area contributed by atoms with Gasteiger partial charge < -0.3 is 16.4 Å². The van der Waals surface area contributed by atoms with Crippen LogP contribution in [-0.2, 0) is 11.2 Å². The van der Waals surface area contributed by atoms with Crippen molar-refractivity contribution in [2.45, 2.75) is 39.7 Å². The molecule has 1 rings (SSSR count). The van der Waals surface area contributed by atoms with Crippen molar-refractivity contribution in [3.8, 4) is 0 Å². The van der Waals surface area contributed by atoms with Crippen LogP contribution in [0.3, 0.4) is 0 Å². The van der Waals surface area contributed by atoms with Crippen LogP contribution < -0.4 is 16.4 Å². The van der Waals surface area contributed by atoms with Crippen LogP contribution in [0.5, 0.6) is 0 Å². The molecule has 0 atom stereocenters. The fourth-order valence-electron chi connectivity index (χ4n) is 1.62. The maximum atomic E-state index is 11.5. The predicted molar refractivity (Wildman–Crippen MR) is 72.2 cm³/mol. The number of rotatable bonds is 6. The minimum Gasteiger partial charge on any atom is -0.383 e. The summed E-state index contributed by atoms with van der Waals surface area (Å²) < 4.78 is 0. The van der Waals surface area contributed by atoms with E-state index in [-0.39, 0.29) is 11.9 Å². The van der Waals surface area contributed by atoms with Gasteiger partial charge in [-0.05, 0) is 20.3 Å². The molecule has 0 bridgehead atoms. The molecule has 0 spiro atoms. The van der Waals surface area contributed by atoms with Crippen LogP contribution in [0.1, 0.15) is 32.8 Å². The predicted octanol–water partition coefficient (Wildman–Crippen LogP) is 0.948. The van der Waals surface area contributed by atoms with Crippen molar-refractivity contribution < 1.29 is 4.79 Å². The maximum absolute atomic E-state index is 11.5. The summed E-state index contributed by atoms with van der Waals surface area (Å²) in [7, 11) is 0. The molecule has 1 amide bonds. The molecule has 0 unspecified atom stereocenters. The van der Waals surface area contributed by atoms with Crippen LogP contribution in [0.15, 0.2) is 6.33 Å². The molecule has 1 aromatic heterocycles. The normalized spacial score (nSPS) is 10.4. The number of hydrogen-bond donors (Lipinski definition) is 3. The summed E-state index contributed by atoms with van der Waals surface area (Å²) in [4.78, 5) is 19.5. The minimum absolute atomic E-state index is 0.0255. The first kappa shape index (κ1) is 14.2. The van der Waals surface area contributed by atoms with Crippen LogP contribution in [0.25, 0.3) is 0 Å². The van der Waals surface area contributed by atoms with E-state index >= 15 is 0 Å². The number of amides is 1. The number of nitrogens with zero attached hydrogens (tertiary/aromatic N) is 2. The summed E-state index contributed by atoms with van der Waals surface area (Å²) in [6.45, 7) is 6.39. The van der Waals surface area contributed by atoms with E-state index in [0.29, 0.717) is 24.6 Å². The molecule has 0 aliphatic heterocycles. The number of anilines is 2. The third-order valence-corrected chi connectivity index (χ3v) is 2.43. The van der Waals surface area contributed by atoms with E-state index in [4.69, 9.17) is 5.73 Å². The highest BCUT2D eigenvalue weighted by Crippen LogP contribution is 2.17. The van der Waals surface area contributed by atoms with Crippen LogP contribution in [-0.4, -0.2) is 28.5 Å². The first-order chi connectivity index (χ1) is 8.54. The smallest absolute Gasteiger partial charge is 0.221 e. The van der Waals surface area contributed by atoms with E-state index in [0.717, 1.165) is 12.0 Å². The maximum Gasteiger partial charge on any atom is 0.221 e. The fraction of sp³-hybridized carbons (Fsp3) is 0.583. The summed E-state index contributed by atoms with van der Waals surface area (Å²) >= 11 is 0. The van der Waals surface area contributed by atoms with E-state index in [1.165, 1.54) is 6.33 Å². The van der Waals surface area contributed by atoms with Crippen LogP contribution >= 0.6 is 0 Å². The molecule has 0 saturated carbocycles. The SMILES string of the molecule is CCc1c(N)ncnc1NCCC(=O)NC(C)C. The van der Waals surface area contributed by atoms with Crippen molar-refractivity contribution in [3.63, 3.8) is 0 Å². The lowest BCUT2D eigenvalue weighted by atomic mass is 10.2. The lowest BCUT2D eigenvalue weighted by Crippen LogP contribution is -2.31. The van der Waals surface area contributed by atoms with Gasteiger partial charge in [-0.2, -0.15) is 0 Å². The van der Waals surface area contributed by atoms with Gasteiger partial charge in [0.1, 0.15) is 18.0 Å². The third kappa shape index (κ3) is 4.20.